The number of para-hydroxylation sites is 2. The van der Waals surface area contributed by atoms with Crippen LogP contribution in [0, 0.1) is 0 Å². The molecule has 0 N–H and O–H groups in total. The Labute approximate surface area is 93.0 Å². The van der Waals surface area contributed by atoms with Gasteiger partial charge in [0.1, 0.15) is 0 Å². The highest BCUT2D eigenvalue weighted by Crippen LogP contribution is 2.34. The summed E-state index contributed by atoms with van der Waals surface area (Å²) in [6.45, 7) is 5.56. The summed E-state index contributed by atoms with van der Waals surface area (Å²) in [4.78, 5) is 2.42. The third kappa shape index (κ3) is 1.61. The molecule has 0 saturated heterocycles. The highest BCUT2D eigenvalue weighted by molar-refractivity contribution is 14.1. The monoisotopic (exact) mass is 288 g/mol. The minimum absolute atomic E-state index is 1.10. The number of hydrogen-bond acceptors (Lipinski definition) is 2. The van der Waals surface area contributed by atoms with Gasteiger partial charge in [0.15, 0.2) is 0 Å². The Morgan fingerprint density at radius 1 is 1.23 bits per heavy atom. The van der Waals surface area contributed by atoms with Crippen LogP contribution in [0.2, 0.25) is 0 Å². The van der Waals surface area contributed by atoms with Crippen LogP contribution in [0.1, 0.15) is 6.92 Å². The maximum absolute atomic E-state index is 2.42. The van der Waals surface area contributed by atoms with Crippen molar-refractivity contribution >= 4 is 34.2 Å². The Balaban J connectivity index is 2.42. The molecule has 0 spiro atoms. The van der Waals surface area contributed by atoms with E-state index in [1.807, 2.05) is 0 Å². The van der Waals surface area contributed by atoms with Crippen LogP contribution in [0.5, 0.6) is 0 Å². The maximum atomic E-state index is 2.42. The van der Waals surface area contributed by atoms with Gasteiger partial charge in [-0.1, -0.05) is 12.1 Å². The lowest BCUT2D eigenvalue weighted by Crippen LogP contribution is -2.36. The predicted molar refractivity (Wildman–Crippen MR) is 65.7 cm³/mol. The summed E-state index contributed by atoms with van der Waals surface area (Å²) in [5.74, 6) is 0. The fourth-order valence-corrected chi connectivity index (χ4v) is 2.34. The molecular formula is C10H13IN2. The van der Waals surface area contributed by atoms with Crippen LogP contribution in [0.15, 0.2) is 24.3 Å². The van der Waals surface area contributed by atoms with Crippen LogP contribution in [-0.2, 0) is 0 Å². The van der Waals surface area contributed by atoms with Gasteiger partial charge < -0.3 is 8.01 Å². The number of rotatable bonds is 1. The Kier molecular flexibility index (Phi) is 2.62. The van der Waals surface area contributed by atoms with Crippen molar-refractivity contribution in [2.45, 2.75) is 6.92 Å². The second-order valence-electron chi connectivity index (χ2n) is 3.15. The summed E-state index contributed by atoms with van der Waals surface area (Å²) in [6.07, 6.45) is 0. The number of fused-ring (bicyclic) bond motifs is 1. The summed E-state index contributed by atoms with van der Waals surface area (Å²) in [7, 11) is 0. The van der Waals surface area contributed by atoms with E-state index in [2.05, 4.69) is 62.1 Å². The van der Waals surface area contributed by atoms with Crippen molar-refractivity contribution in [3.8, 4) is 0 Å². The average Bonchev–Trinajstić information content (AvgIpc) is 2.19. The molecular weight excluding hydrogens is 275 g/mol. The molecule has 1 aromatic carbocycles. The van der Waals surface area contributed by atoms with E-state index in [4.69, 9.17) is 0 Å². The van der Waals surface area contributed by atoms with Crippen molar-refractivity contribution in [1.29, 1.82) is 0 Å². The van der Waals surface area contributed by atoms with Gasteiger partial charge in [-0.25, -0.2) is 0 Å². The number of nitrogens with zero attached hydrogens (tertiary/aromatic N) is 2. The van der Waals surface area contributed by atoms with Gasteiger partial charge in [-0.3, -0.25) is 0 Å². The van der Waals surface area contributed by atoms with E-state index in [1.165, 1.54) is 11.4 Å². The van der Waals surface area contributed by atoms with Gasteiger partial charge in [-0.2, -0.15) is 0 Å². The number of halogens is 1. The van der Waals surface area contributed by atoms with Crippen LogP contribution >= 0.6 is 22.9 Å². The molecule has 0 fully saturated rings. The molecule has 0 saturated carbocycles. The molecule has 0 unspecified atom stereocenters. The lowest BCUT2D eigenvalue weighted by molar-refractivity contribution is 0.799. The minimum atomic E-state index is 1.10. The van der Waals surface area contributed by atoms with Crippen LogP contribution < -0.4 is 8.01 Å². The summed E-state index contributed by atoms with van der Waals surface area (Å²) < 4.78 is 2.29. The molecule has 1 aromatic rings. The summed E-state index contributed by atoms with van der Waals surface area (Å²) in [5, 5.41) is 0. The van der Waals surface area contributed by atoms with Gasteiger partial charge in [0.2, 0.25) is 0 Å². The second kappa shape index (κ2) is 3.74. The normalized spacial score (nSPS) is 15.8. The molecule has 13 heavy (non-hydrogen) atoms. The van der Waals surface area contributed by atoms with E-state index < -0.39 is 0 Å². The molecule has 0 aliphatic carbocycles. The molecule has 2 rings (SSSR count). The highest BCUT2D eigenvalue weighted by atomic mass is 127. The van der Waals surface area contributed by atoms with Crippen molar-refractivity contribution in [2.75, 3.05) is 27.6 Å². The van der Waals surface area contributed by atoms with Gasteiger partial charge in [0, 0.05) is 19.6 Å². The number of anilines is 2. The second-order valence-corrected chi connectivity index (χ2v) is 4.32. The fourth-order valence-electron chi connectivity index (χ4n) is 1.71. The molecule has 1 aliphatic rings. The Morgan fingerprint density at radius 3 is 2.62 bits per heavy atom. The fraction of sp³-hybridized carbons (Fsp3) is 0.400. The smallest absolute Gasteiger partial charge is 0.0692 e. The zero-order chi connectivity index (χ0) is 9.26. The van der Waals surface area contributed by atoms with Crippen molar-refractivity contribution in [1.82, 2.24) is 0 Å². The third-order valence-electron chi connectivity index (χ3n) is 2.43. The van der Waals surface area contributed by atoms with E-state index >= 15 is 0 Å². The highest BCUT2D eigenvalue weighted by Gasteiger charge is 2.18. The van der Waals surface area contributed by atoms with Crippen LogP contribution in [0.25, 0.3) is 0 Å². The van der Waals surface area contributed by atoms with Gasteiger partial charge in [-0.15, -0.1) is 0 Å². The number of hydrogen-bond donors (Lipinski definition) is 0. The molecule has 0 aromatic heterocycles. The zero-order valence-corrected chi connectivity index (χ0v) is 9.86. The van der Waals surface area contributed by atoms with E-state index in [0.29, 0.717) is 0 Å². The molecule has 1 heterocycles. The predicted octanol–water partition coefficient (Wildman–Crippen LogP) is 2.68. The molecule has 70 valence electrons. The standard InChI is InChI=1S/C10H13IN2/c1-2-12-7-8-13(11)10-6-4-3-5-9(10)12/h3-6H,2,7-8H2,1H3. The number of benzene rings is 1. The van der Waals surface area contributed by atoms with E-state index in [1.54, 1.807) is 0 Å². The largest absolute Gasteiger partial charge is 0.368 e. The maximum Gasteiger partial charge on any atom is 0.0692 e. The summed E-state index contributed by atoms with van der Waals surface area (Å²) >= 11 is 2.38. The van der Waals surface area contributed by atoms with Crippen LogP contribution in [0.4, 0.5) is 11.4 Å². The Hall–Kier alpha value is -0.450. The number of likely N-dealkylation sites (N-methyl/N-ethyl adjacent to an activating group) is 1. The topological polar surface area (TPSA) is 6.48 Å². The lowest BCUT2D eigenvalue weighted by Gasteiger charge is -2.34. The minimum Gasteiger partial charge on any atom is -0.368 e. The van der Waals surface area contributed by atoms with Crippen molar-refractivity contribution in [3.05, 3.63) is 24.3 Å². The first-order chi connectivity index (χ1) is 6.33. The quantitative estimate of drug-likeness (QED) is 0.579. The van der Waals surface area contributed by atoms with Crippen molar-refractivity contribution in [2.24, 2.45) is 0 Å². The van der Waals surface area contributed by atoms with Crippen LogP contribution in [-0.4, -0.2) is 19.6 Å². The van der Waals surface area contributed by atoms with Crippen LogP contribution in [0.3, 0.4) is 0 Å². The third-order valence-corrected chi connectivity index (χ3v) is 3.43. The Morgan fingerprint density at radius 2 is 1.92 bits per heavy atom. The molecule has 0 radical (unpaired) electrons. The van der Waals surface area contributed by atoms with Gasteiger partial charge in [0.05, 0.1) is 34.2 Å². The lowest BCUT2D eigenvalue weighted by atomic mass is 10.2. The SMILES string of the molecule is CCN1CCN(I)c2ccccc21. The molecule has 0 amide bonds. The molecule has 0 bridgehead atoms. The van der Waals surface area contributed by atoms with Crippen molar-refractivity contribution < 1.29 is 0 Å². The molecule has 1 aliphatic heterocycles. The summed E-state index contributed by atoms with van der Waals surface area (Å²) in [6, 6.07) is 8.59. The molecule has 2 nitrogen and oxygen atoms in total. The van der Waals surface area contributed by atoms with Gasteiger partial charge in [0.25, 0.3) is 0 Å². The first kappa shape index (κ1) is 9.12. The average molecular weight is 288 g/mol. The van der Waals surface area contributed by atoms with Gasteiger partial charge >= 0.3 is 0 Å². The van der Waals surface area contributed by atoms with Gasteiger partial charge in [-0.05, 0) is 19.1 Å². The zero-order valence-electron chi connectivity index (χ0n) is 7.70. The van der Waals surface area contributed by atoms with E-state index in [9.17, 15) is 0 Å². The first-order valence-electron chi connectivity index (χ1n) is 4.60. The van der Waals surface area contributed by atoms with E-state index in [-0.39, 0.29) is 0 Å². The first-order valence-corrected chi connectivity index (χ1v) is 5.56. The van der Waals surface area contributed by atoms with Crippen molar-refractivity contribution in [3.63, 3.8) is 0 Å². The molecule has 3 heteroatoms. The summed E-state index contributed by atoms with van der Waals surface area (Å²) in [5.41, 5.74) is 2.71. The Bertz CT molecular complexity index is 301. The van der Waals surface area contributed by atoms with E-state index in [0.717, 1.165) is 19.6 Å². The molecule has 0 atom stereocenters.